The number of aryl methyl sites for hydroxylation is 1. The molecule has 2 atom stereocenters. The number of hydrogen-bond donors (Lipinski definition) is 1. The number of nitrogens with one attached hydrogen (secondary N) is 1. The van der Waals surface area contributed by atoms with Crippen LogP contribution in [0.15, 0.2) is 0 Å². The Kier molecular flexibility index (Phi) is 3.97. The zero-order valence-corrected chi connectivity index (χ0v) is 11.9. The number of fused-ring (bicyclic) bond motifs is 1. The maximum atomic E-state index is 5.53. The van der Waals surface area contributed by atoms with Crippen LogP contribution in [0.2, 0.25) is 0 Å². The lowest BCUT2D eigenvalue weighted by molar-refractivity contribution is 0.0767. The first-order valence-corrected chi connectivity index (χ1v) is 7.98. The molecule has 2 unspecified atom stereocenters. The number of hydrogen-bond acceptors (Lipinski definition) is 4. The summed E-state index contributed by atoms with van der Waals surface area (Å²) in [4.78, 5) is 6.39. The minimum Gasteiger partial charge on any atom is -0.378 e. The van der Waals surface area contributed by atoms with Crippen molar-refractivity contribution < 1.29 is 4.74 Å². The zero-order chi connectivity index (χ0) is 12.4. The molecule has 2 aliphatic rings. The number of ether oxygens (including phenoxy) is 1. The standard InChI is InChI=1S/C14H22N2OS/c1-2-3-10-4-5-11-13(8-10)18-14(16-11)12-9-17-7-6-15-12/h10,12,15H,2-9H2,1H3. The fraction of sp³-hybridized carbons (Fsp3) is 0.786. The van der Waals surface area contributed by atoms with Crippen LogP contribution in [0.3, 0.4) is 0 Å². The Balaban J connectivity index is 1.72. The molecule has 1 aromatic heterocycles. The summed E-state index contributed by atoms with van der Waals surface area (Å²) in [6.45, 7) is 4.86. The average Bonchev–Trinajstić information content (AvgIpc) is 2.83. The van der Waals surface area contributed by atoms with Crippen molar-refractivity contribution >= 4 is 11.3 Å². The Morgan fingerprint density at radius 3 is 3.22 bits per heavy atom. The minimum atomic E-state index is 0.332. The summed E-state index contributed by atoms with van der Waals surface area (Å²) in [5.41, 5.74) is 1.37. The molecule has 0 bridgehead atoms. The van der Waals surface area contributed by atoms with Crippen molar-refractivity contribution in [1.82, 2.24) is 10.3 Å². The molecular weight excluding hydrogens is 244 g/mol. The SMILES string of the molecule is CCCC1CCc2nc(C3COCCN3)sc2C1. The Bertz CT molecular complexity index is 398. The molecule has 1 aromatic rings. The summed E-state index contributed by atoms with van der Waals surface area (Å²) in [6, 6.07) is 0.332. The normalized spacial score (nSPS) is 28.1. The molecule has 0 aromatic carbocycles. The van der Waals surface area contributed by atoms with Crippen LogP contribution in [0, 0.1) is 5.92 Å². The number of nitrogens with zero attached hydrogens (tertiary/aromatic N) is 1. The van der Waals surface area contributed by atoms with Crippen LogP contribution in [0.5, 0.6) is 0 Å². The predicted octanol–water partition coefficient (Wildman–Crippen LogP) is 2.71. The second-order valence-corrected chi connectivity index (χ2v) is 6.52. The summed E-state index contributed by atoms with van der Waals surface area (Å²) < 4.78 is 5.53. The maximum Gasteiger partial charge on any atom is 0.112 e. The fourth-order valence-corrected chi connectivity index (χ4v) is 4.28. The molecule has 0 radical (unpaired) electrons. The van der Waals surface area contributed by atoms with E-state index in [1.165, 1.54) is 42.8 Å². The van der Waals surface area contributed by atoms with E-state index in [1.807, 2.05) is 11.3 Å². The molecule has 0 saturated carbocycles. The molecule has 0 amide bonds. The van der Waals surface area contributed by atoms with Crippen molar-refractivity contribution in [2.24, 2.45) is 5.92 Å². The molecule has 1 saturated heterocycles. The highest BCUT2D eigenvalue weighted by Gasteiger charge is 2.25. The smallest absolute Gasteiger partial charge is 0.112 e. The van der Waals surface area contributed by atoms with Crippen molar-refractivity contribution in [3.05, 3.63) is 15.6 Å². The van der Waals surface area contributed by atoms with Gasteiger partial charge in [-0.2, -0.15) is 0 Å². The Morgan fingerprint density at radius 1 is 1.50 bits per heavy atom. The summed E-state index contributed by atoms with van der Waals surface area (Å²) in [6.07, 6.45) is 6.46. The van der Waals surface area contributed by atoms with Gasteiger partial charge in [-0.1, -0.05) is 19.8 Å². The molecule has 0 spiro atoms. The molecule has 1 aliphatic heterocycles. The third-order valence-corrected chi connectivity index (χ3v) is 5.21. The molecule has 1 aliphatic carbocycles. The van der Waals surface area contributed by atoms with E-state index in [0.717, 1.165) is 25.7 Å². The van der Waals surface area contributed by atoms with Gasteiger partial charge in [-0.05, 0) is 25.2 Å². The largest absolute Gasteiger partial charge is 0.378 e. The molecule has 2 heterocycles. The Hall–Kier alpha value is -0.450. The molecule has 3 rings (SSSR count). The Labute approximate surface area is 113 Å². The third kappa shape index (κ3) is 2.60. The van der Waals surface area contributed by atoms with Crippen LogP contribution in [0.4, 0.5) is 0 Å². The highest BCUT2D eigenvalue weighted by atomic mass is 32.1. The topological polar surface area (TPSA) is 34.1 Å². The molecule has 18 heavy (non-hydrogen) atoms. The lowest BCUT2D eigenvalue weighted by Crippen LogP contribution is -2.34. The highest BCUT2D eigenvalue weighted by molar-refractivity contribution is 7.11. The quantitative estimate of drug-likeness (QED) is 0.913. The van der Waals surface area contributed by atoms with Crippen LogP contribution in [-0.2, 0) is 17.6 Å². The van der Waals surface area contributed by atoms with Gasteiger partial charge in [0.25, 0.3) is 0 Å². The van der Waals surface area contributed by atoms with E-state index in [0.29, 0.717) is 6.04 Å². The molecule has 100 valence electrons. The summed E-state index contributed by atoms with van der Waals surface area (Å²) in [5.74, 6) is 0.895. The molecule has 3 nitrogen and oxygen atoms in total. The summed E-state index contributed by atoms with van der Waals surface area (Å²) in [7, 11) is 0. The molecule has 1 N–H and O–H groups in total. The van der Waals surface area contributed by atoms with E-state index < -0.39 is 0 Å². The first-order chi connectivity index (χ1) is 8.86. The van der Waals surface area contributed by atoms with Gasteiger partial charge in [0.15, 0.2) is 0 Å². The monoisotopic (exact) mass is 266 g/mol. The van der Waals surface area contributed by atoms with Gasteiger partial charge in [0.1, 0.15) is 5.01 Å². The van der Waals surface area contributed by atoms with E-state index in [9.17, 15) is 0 Å². The number of thiazole rings is 1. The number of aromatic nitrogens is 1. The van der Waals surface area contributed by atoms with Crippen LogP contribution in [0.1, 0.15) is 47.8 Å². The Morgan fingerprint density at radius 2 is 2.44 bits per heavy atom. The van der Waals surface area contributed by atoms with Crippen LogP contribution in [0.25, 0.3) is 0 Å². The van der Waals surface area contributed by atoms with E-state index >= 15 is 0 Å². The van der Waals surface area contributed by atoms with Crippen molar-refractivity contribution in [2.75, 3.05) is 19.8 Å². The molecule has 4 heteroatoms. The van der Waals surface area contributed by atoms with E-state index in [2.05, 4.69) is 12.2 Å². The van der Waals surface area contributed by atoms with Crippen molar-refractivity contribution in [1.29, 1.82) is 0 Å². The number of rotatable bonds is 3. The average molecular weight is 266 g/mol. The maximum absolute atomic E-state index is 5.53. The van der Waals surface area contributed by atoms with Gasteiger partial charge >= 0.3 is 0 Å². The van der Waals surface area contributed by atoms with Gasteiger partial charge in [-0.15, -0.1) is 11.3 Å². The van der Waals surface area contributed by atoms with Gasteiger partial charge in [0, 0.05) is 11.4 Å². The fourth-order valence-electron chi connectivity index (χ4n) is 2.99. The van der Waals surface area contributed by atoms with Crippen LogP contribution < -0.4 is 5.32 Å². The van der Waals surface area contributed by atoms with Gasteiger partial charge in [0.2, 0.25) is 0 Å². The summed E-state index contributed by atoms with van der Waals surface area (Å²) >= 11 is 1.92. The second-order valence-electron chi connectivity index (χ2n) is 5.40. The van der Waals surface area contributed by atoms with Crippen molar-refractivity contribution in [3.63, 3.8) is 0 Å². The van der Waals surface area contributed by atoms with Gasteiger partial charge < -0.3 is 10.1 Å². The zero-order valence-electron chi connectivity index (χ0n) is 11.1. The van der Waals surface area contributed by atoms with E-state index in [1.54, 1.807) is 4.88 Å². The number of morpholine rings is 1. The van der Waals surface area contributed by atoms with Gasteiger partial charge in [0.05, 0.1) is 24.9 Å². The van der Waals surface area contributed by atoms with E-state index in [4.69, 9.17) is 9.72 Å². The minimum absolute atomic E-state index is 0.332. The second kappa shape index (κ2) is 5.68. The van der Waals surface area contributed by atoms with E-state index in [-0.39, 0.29) is 0 Å². The van der Waals surface area contributed by atoms with Crippen LogP contribution >= 0.6 is 11.3 Å². The lowest BCUT2D eigenvalue weighted by Gasteiger charge is -2.21. The first kappa shape index (κ1) is 12.6. The third-order valence-electron chi connectivity index (χ3n) is 3.97. The van der Waals surface area contributed by atoms with Gasteiger partial charge in [-0.25, -0.2) is 4.98 Å². The lowest BCUT2D eigenvalue weighted by atomic mass is 9.88. The molecular formula is C14H22N2OS. The highest BCUT2D eigenvalue weighted by Crippen LogP contribution is 2.34. The van der Waals surface area contributed by atoms with Crippen molar-refractivity contribution in [3.8, 4) is 0 Å². The van der Waals surface area contributed by atoms with Gasteiger partial charge in [-0.3, -0.25) is 0 Å². The predicted molar refractivity (Wildman–Crippen MR) is 74.1 cm³/mol. The first-order valence-electron chi connectivity index (χ1n) is 7.16. The molecule has 1 fully saturated rings. The summed E-state index contributed by atoms with van der Waals surface area (Å²) in [5, 5.41) is 4.75. The van der Waals surface area contributed by atoms with Crippen LogP contribution in [-0.4, -0.2) is 24.7 Å². The van der Waals surface area contributed by atoms with Crippen molar-refractivity contribution in [2.45, 2.75) is 45.1 Å².